The Kier molecular flexibility index (Phi) is 7.00. The summed E-state index contributed by atoms with van der Waals surface area (Å²) >= 11 is 0. The summed E-state index contributed by atoms with van der Waals surface area (Å²) < 4.78 is 47.1. The molecule has 0 aliphatic heterocycles. The minimum Gasteiger partial charge on any atom is -0.494 e. The number of benzene rings is 3. The van der Waals surface area contributed by atoms with Gasteiger partial charge in [-0.3, -0.25) is 4.79 Å². The lowest BCUT2D eigenvalue weighted by atomic mass is 10.1. The Hall–Kier alpha value is -3.94. The molecule has 0 bridgehead atoms. The summed E-state index contributed by atoms with van der Waals surface area (Å²) in [6.07, 6.45) is -4.69. The fourth-order valence-electron chi connectivity index (χ4n) is 4.17. The van der Waals surface area contributed by atoms with Crippen molar-refractivity contribution in [1.82, 2.24) is 4.57 Å². The van der Waals surface area contributed by atoms with Crippen LogP contribution in [0.4, 0.5) is 19.0 Å². The van der Waals surface area contributed by atoms with E-state index in [1.165, 1.54) is 6.07 Å². The summed E-state index contributed by atoms with van der Waals surface area (Å²) in [5, 5.41) is 13.6. The van der Waals surface area contributed by atoms with Gasteiger partial charge in [-0.1, -0.05) is 42.5 Å². The smallest absolute Gasteiger partial charge is 0.416 e. The standard InChI is InChI=1S/C27H25F3N2O3/c1-2-35-21-11-12-24-22(14-21)23(15-25(33)34)26(32(24)17-18-7-4-3-5-8-18)31-16-19-9-6-10-20(13-19)27(28,29)30/h3-14,31H,2,15-17H2,1H3,(H,33,34). The van der Waals surface area contributed by atoms with Gasteiger partial charge in [-0.25, -0.2) is 0 Å². The summed E-state index contributed by atoms with van der Waals surface area (Å²) in [6, 6.07) is 20.3. The number of carboxylic acids is 1. The summed E-state index contributed by atoms with van der Waals surface area (Å²) in [7, 11) is 0. The molecule has 2 N–H and O–H groups in total. The van der Waals surface area contributed by atoms with Crippen LogP contribution in [0.2, 0.25) is 0 Å². The molecule has 4 rings (SSSR count). The molecule has 0 saturated carbocycles. The molecule has 35 heavy (non-hydrogen) atoms. The number of hydrogen-bond donors (Lipinski definition) is 2. The normalized spacial score (nSPS) is 11.5. The van der Waals surface area contributed by atoms with Gasteiger partial charge >= 0.3 is 12.1 Å². The number of aromatic nitrogens is 1. The number of aliphatic carboxylic acids is 1. The Labute approximate surface area is 200 Å². The highest BCUT2D eigenvalue weighted by Gasteiger charge is 2.30. The molecule has 1 aromatic heterocycles. The zero-order chi connectivity index (χ0) is 25.0. The largest absolute Gasteiger partial charge is 0.494 e. The number of nitrogens with zero attached hydrogens (tertiary/aromatic N) is 1. The maximum atomic E-state index is 13.2. The molecule has 5 nitrogen and oxygen atoms in total. The molecule has 0 aliphatic carbocycles. The molecular weight excluding hydrogens is 457 g/mol. The molecule has 182 valence electrons. The molecule has 0 saturated heterocycles. The Morgan fingerprint density at radius 3 is 2.43 bits per heavy atom. The molecule has 0 unspecified atom stereocenters. The molecule has 4 aromatic rings. The van der Waals surface area contributed by atoms with Gasteiger partial charge in [0.25, 0.3) is 0 Å². The van der Waals surface area contributed by atoms with Gasteiger partial charge in [-0.05, 0) is 48.4 Å². The van der Waals surface area contributed by atoms with Crippen molar-refractivity contribution in [2.75, 3.05) is 11.9 Å². The van der Waals surface area contributed by atoms with Crippen molar-refractivity contribution in [3.8, 4) is 5.75 Å². The first-order chi connectivity index (χ1) is 16.8. The number of ether oxygens (including phenoxy) is 1. The van der Waals surface area contributed by atoms with E-state index >= 15 is 0 Å². The molecular formula is C27H25F3N2O3. The van der Waals surface area contributed by atoms with Crippen LogP contribution in [0, 0.1) is 0 Å². The van der Waals surface area contributed by atoms with E-state index in [0.717, 1.165) is 28.6 Å². The number of carboxylic acid groups (broad SMARTS) is 1. The Balaban J connectivity index is 1.81. The van der Waals surface area contributed by atoms with E-state index in [0.29, 0.717) is 35.8 Å². The quantitative estimate of drug-likeness (QED) is 0.292. The Morgan fingerprint density at radius 1 is 1.00 bits per heavy atom. The van der Waals surface area contributed by atoms with Crippen LogP contribution in [0.3, 0.4) is 0 Å². The minimum atomic E-state index is -4.44. The average Bonchev–Trinajstić information content (AvgIpc) is 3.09. The van der Waals surface area contributed by atoms with Crippen LogP contribution in [0.1, 0.15) is 29.2 Å². The zero-order valence-electron chi connectivity index (χ0n) is 19.1. The first-order valence-corrected chi connectivity index (χ1v) is 11.2. The van der Waals surface area contributed by atoms with E-state index in [2.05, 4.69) is 5.32 Å². The summed E-state index contributed by atoms with van der Waals surface area (Å²) in [5.74, 6) is 0.165. The van der Waals surface area contributed by atoms with E-state index in [-0.39, 0.29) is 13.0 Å². The SMILES string of the molecule is CCOc1ccc2c(c1)c(CC(=O)O)c(NCc1cccc(C(F)(F)F)c1)n2Cc1ccccc1. The number of rotatable bonds is 9. The average molecular weight is 483 g/mol. The first-order valence-electron chi connectivity index (χ1n) is 11.2. The maximum absolute atomic E-state index is 13.2. The molecule has 0 spiro atoms. The predicted molar refractivity (Wildman–Crippen MR) is 129 cm³/mol. The van der Waals surface area contributed by atoms with Gasteiger partial charge in [0, 0.05) is 24.0 Å². The highest BCUT2D eigenvalue weighted by molar-refractivity contribution is 5.94. The lowest BCUT2D eigenvalue weighted by molar-refractivity contribution is -0.138. The number of fused-ring (bicyclic) bond motifs is 1. The van der Waals surface area contributed by atoms with Crippen molar-refractivity contribution in [1.29, 1.82) is 0 Å². The molecule has 3 aromatic carbocycles. The lowest BCUT2D eigenvalue weighted by Crippen LogP contribution is -2.12. The van der Waals surface area contributed by atoms with Crippen molar-refractivity contribution in [2.24, 2.45) is 0 Å². The van der Waals surface area contributed by atoms with E-state index in [1.54, 1.807) is 6.07 Å². The van der Waals surface area contributed by atoms with E-state index in [9.17, 15) is 23.1 Å². The number of hydrogen-bond acceptors (Lipinski definition) is 3. The predicted octanol–water partition coefficient (Wildman–Crippen LogP) is 6.35. The van der Waals surface area contributed by atoms with Gasteiger partial charge < -0.3 is 19.7 Å². The van der Waals surface area contributed by atoms with Crippen LogP contribution >= 0.6 is 0 Å². The molecule has 8 heteroatoms. The molecule has 0 radical (unpaired) electrons. The van der Waals surface area contributed by atoms with Crippen LogP contribution in [0.25, 0.3) is 10.9 Å². The molecule has 0 fully saturated rings. The van der Waals surface area contributed by atoms with Crippen LogP contribution in [0.5, 0.6) is 5.75 Å². The number of anilines is 1. The summed E-state index contributed by atoms with van der Waals surface area (Å²) in [4.78, 5) is 11.8. The van der Waals surface area contributed by atoms with E-state index in [1.807, 2.05) is 60.0 Å². The van der Waals surface area contributed by atoms with Gasteiger partial charge in [0.15, 0.2) is 0 Å². The maximum Gasteiger partial charge on any atom is 0.416 e. The third-order valence-corrected chi connectivity index (χ3v) is 5.68. The van der Waals surface area contributed by atoms with Gasteiger partial charge in [-0.2, -0.15) is 13.2 Å². The van der Waals surface area contributed by atoms with Gasteiger partial charge in [-0.15, -0.1) is 0 Å². The van der Waals surface area contributed by atoms with Crippen molar-refractivity contribution in [2.45, 2.75) is 32.6 Å². The number of nitrogens with one attached hydrogen (secondary N) is 1. The topological polar surface area (TPSA) is 63.5 Å². The lowest BCUT2D eigenvalue weighted by Gasteiger charge is -2.15. The minimum absolute atomic E-state index is 0.0972. The fraction of sp³-hybridized carbons (Fsp3) is 0.222. The number of halogens is 3. The highest BCUT2D eigenvalue weighted by Crippen LogP contribution is 2.35. The zero-order valence-corrected chi connectivity index (χ0v) is 19.1. The van der Waals surface area contributed by atoms with Crippen molar-refractivity contribution in [3.05, 3.63) is 95.1 Å². The van der Waals surface area contributed by atoms with Gasteiger partial charge in [0.1, 0.15) is 11.6 Å². The molecule has 0 amide bonds. The van der Waals surface area contributed by atoms with Gasteiger partial charge in [0.05, 0.1) is 24.1 Å². The van der Waals surface area contributed by atoms with Gasteiger partial charge in [0.2, 0.25) is 0 Å². The molecule has 1 heterocycles. The second-order valence-electron chi connectivity index (χ2n) is 8.13. The number of carbonyl (C=O) groups is 1. The van der Waals surface area contributed by atoms with E-state index in [4.69, 9.17) is 4.74 Å². The molecule has 0 aliphatic rings. The van der Waals surface area contributed by atoms with Crippen LogP contribution in [-0.2, 0) is 30.5 Å². The fourth-order valence-corrected chi connectivity index (χ4v) is 4.17. The van der Waals surface area contributed by atoms with Crippen molar-refractivity contribution in [3.63, 3.8) is 0 Å². The van der Waals surface area contributed by atoms with Crippen LogP contribution in [0.15, 0.2) is 72.8 Å². The Morgan fingerprint density at radius 2 is 1.74 bits per heavy atom. The third-order valence-electron chi connectivity index (χ3n) is 5.68. The second kappa shape index (κ2) is 10.1. The third kappa shape index (κ3) is 5.59. The van der Waals surface area contributed by atoms with Crippen molar-refractivity contribution < 1.29 is 27.8 Å². The van der Waals surface area contributed by atoms with Crippen molar-refractivity contribution >= 4 is 22.7 Å². The second-order valence-corrected chi connectivity index (χ2v) is 8.13. The molecule has 0 atom stereocenters. The first kappa shape index (κ1) is 24.2. The summed E-state index contributed by atoms with van der Waals surface area (Å²) in [6.45, 7) is 2.88. The Bertz CT molecular complexity index is 1330. The van der Waals surface area contributed by atoms with Crippen LogP contribution < -0.4 is 10.1 Å². The highest BCUT2D eigenvalue weighted by atomic mass is 19.4. The van der Waals surface area contributed by atoms with E-state index < -0.39 is 17.7 Å². The number of alkyl halides is 3. The monoisotopic (exact) mass is 482 g/mol. The van der Waals surface area contributed by atoms with Crippen LogP contribution in [-0.4, -0.2) is 22.2 Å². The summed E-state index contributed by atoms with van der Waals surface area (Å²) in [5.41, 5.74) is 2.07.